The predicted octanol–water partition coefficient (Wildman–Crippen LogP) is 14.0. The molecule has 0 aliphatic carbocycles. The Morgan fingerprint density at radius 1 is 0.236 bits per heavy atom. The lowest BCUT2D eigenvalue weighted by Gasteiger charge is -2.13. The fraction of sp³-hybridized carbons (Fsp3) is 0. The number of rotatable bonds is 5. The minimum absolute atomic E-state index is 0.645. The van der Waals surface area contributed by atoms with E-state index in [-0.39, 0.29) is 0 Å². The lowest BCUT2D eigenvalue weighted by atomic mass is 9.92. The summed E-state index contributed by atoms with van der Waals surface area (Å²) in [6.07, 6.45) is 0. The first-order chi connectivity index (χ1) is 27.2. The molecule has 11 aromatic rings. The maximum absolute atomic E-state index is 5.16. The van der Waals surface area contributed by atoms with Crippen molar-refractivity contribution in [1.29, 1.82) is 0 Å². The normalized spacial score (nSPS) is 11.6. The lowest BCUT2D eigenvalue weighted by Crippen LogP contribution is -2.00. The molecule has 0 aliphatic rings. The van der Waals surface area contributed by atoms with Gasteiger partial charge in [0.1, 0.15) is 0 Å². The van der Waals surface area contributed by atoms with Gasteiger partial charge in [-0.15, -0.1) is 11.3 Å². The summed E-state index contributed by atoms with van der Waals surface area (Å²) in [5.74, 6) is 1.95. The Hall–Kier alpha value is -7.01. The zero-order valence-electron chi connectivity index (χ0n) is 29.6. The summed E-state index contributed by atoms with van der Waals surface area (Å²) < 4.78 is 2.47. The highest BCUT2D eigenvalue weighted by molar-refractivity contribution is 7.25. The molecule has 0 radical (unpaired) electrons. The molecule has 3 nitrogen and oxygen atoms in total. The Morgan fingerprint density at radius 3 is 1.24 bits per heavy atom. The molecular weight excluding hydrogens is 687 g/mol. The molecule has 9 aromatic carbocycles. The van der Waals surface area contributed by atoms with Crippen molar-refractivity contribution in [2.45, 2.75) is 0 Å². The zero-order valence-corrected chi connectivity index (χ0v) is 30.5. The van der Waals surface area contributed by atoms with E-state index in [4.69, 9.17) is 15.0 Å². The van der Waals surface area contributed by atoms with Crippen LogP contribution in [0.2, 0.25) is 0 Å². The van der Waals surface area contributed by atoms with Crippen molar-refractivity contribution in [3.8, 4) is 56.4 Å². The molecule has 2 aromatic heterocycles. The van der Waals surface area contributed by atoms with E-state index in [0.29, 0.717) is 17.5 Å². The second-order valence-corrected chi connectivity index (χ2v) is 15.1. The summed E-state index contributed by atoms with van der Waals surface area (Å²) in [7, 11) is 0. The minimum Gasteiger partial charge on any atom is -0.208 e. The van der Waals surface area contributed by atoms with E-state index in [2.05, 4.69) is 170 Å². The third-order valence-electron chi connectivity index (χ3n) is 10.7. The maximum Gasteiger partial charge on any atom is 0.164 e. The van der Waals surface area contributed by atoms with Crippen LogP contribution in [0.5, 0.6) is 0 Å². The van der Waals surface area contributed by atoms with E-state index in [1.54, 1.807) is 0 Å². The van der Waals surface area contributed by atoms with Crippen molar-refractivity contribution in [2.75, 3.05) is 0 Å². The topological polar surface area (TPSA) is 38.7 Å². The highest BCUT2D eigenvalue weighted by Gasteiger charge is 2.16. The lowest BCUT2D eigenvalue weighted by molar-refractivity contribution is 1.07. The van der Waals surface area contributed by atoms with Gasteiger partial charge in [0.15, 0.2) is 17.5 Å². The molecule has 0 N–H and O–H groups in total. The fourth-order valence-electron chi connectivity index (χ4n) is 8.00. The van der Waals surface area contributed by atoms with Gasteiger partial charge in [0, 0.05) is 36.9 Å². The van der Waals surface area contributed by atoms with Gasteiger partial charge in [-0.1, -0.05) is 164 Å². The maximum atomic E-state index is 5.16. The van der Waals surface area contributed by atoms with Crippen LogP contribution >= 0.6 is 11.3 Å². The average Bonchev–Trinajstić information content (AvgIpc) is 3.64. The number of fused-ring (bicyclic) bond motifs is 9. The standard InChI is InChI=1S/C51H31N3S/c1-3-12-32(13-4-1)36-23-26-44-45-27-24-38(31-48(45)55-47(44)30-36)51-53-49(33-14-5-2-6-15-33)52-50(54-51)37-17-11-16-34(28-37)35-22-25-43-41-20-8-7-18-39(41)40-19-9-10-21-42(40)46(43)29-35/h1-31H. The van der Waals surface area contributed by atoms with Gasteiger partial charge in [0.05, 0.1) is 0 Å². The highest BCUT2D eigenvalue weighted by Crippen LogP contribution is 2.40. The molecule has 11 rings (SSSR count). The Bertz CT molecular complexity index is 3220. The average molecular weight is 718 g/mol. The van der Waals surface area contributed by atoms with Gasteiger partial charge < -0.3 is 0 Å². The van der Waals surface area contributed by atoms with Crippen LogP contribution in [0.25, 0.3) is 109 Å². The van der Waals surface area contributed by atoms with Gasteiger partial charge in [-0.3, -0.25) is 0 Å². The van der Waals surface area contributed by atoms with Crippen LogP contribution in [0.3, 0.4) is 0 Å². The Kier molecular flexibility index (Phi) is 7.35. The molecule has 0 spiro atoms. The third kappa shape index (κ3) is 5.46. The van der Waals surface area contributed by atoms with Crippen LogP contribution in [-0.2, 0) is 0 Å². The summed E-state index contributed by atoms with van der Waals surface area (Å²) in [5, 5.41) is 10.1. The SMILES string of the molecule is c1ccc(-c2ccc3c(c2)sc2cc(-c4nc(-c5ccccc5)nc(-c5cccc(-c6ccc7c8ccccc8c8ccccc8c7c6)c5)n4)ccc23)cc1. The third-order valence-corrected chi connectivity index (χ3v) is 11.8. The Morgan fingerprint density at radius 2 is 0.618 bits per heavy atom. The first-order valence-corrected chi connectivity index (χ1v) is 19.3. The van der Waals surface area contributed by atoms with Gasteiger partial charge in [-0.25, -0.2) is 15.0 Å². The van der Waals surface area contributed by atoms with Gasteiger partial charge in [0.25, 0.3) is 0 Å². The van der Waals surface area contributed by atoms with Gasteiger partial charge in [0.2, 0.25) is 0 Å². The van der Waals surface area contributed by atoms with Crippen molar-refractivity contribution in [2.24, 2.45) is 0 Å². The molecule has 0 fully saturated rings. The van der Waals surface area contributed by atoms with Gasteiger partial charge in [-0.2, -0.15) is 0 Å². The van der Waals surface area contributed by atoms with Gasteiger partial charge in [-0.05, 0) is 78.8 Å². The van der Waals surface area contributed by atoms with E-state index in [0.717, 1.165) is 27.8 Å². The summed E-state index contributed by atoms with van der Waals surface area (Å²) in [4.78, 5) is 15.3. The molecule has 0 aliphatic heterocycles. The predicted molar refractivity (Wildman–Crippen MR) is 232 cm³/mol. The van der Waals surface area contributed by atoms with Crippen LogP contribution in [0.4, 0.5) is 0 Å². The largest absolute Gasteiger partial charge is 0.208 e. The highest BCUT2D eigenvalue weighted by atomic mass is 32.1. The summed E-state index contributed by atoms with van der Waals surface area (Å²) in [6, 6.07) is 67.0. The van der Waals surface area contributed by atoms with Gasteiger partial charge >= 0.3 is 0 Å². The number of thiophene rings is 1. The molecule has 0 atom stereocenters. The molecule has 2 heterocycles. The molecule has 256 valence electrons. The Labute approximate surface area is 321 Å². The minimum atomic E-state index is 0.645. The quantitative estimate of drug-likeness (QED) is 0.166. The number of aromatic nitrogens is 3. The Balaban J connectivity index is 1.03. The second-order valence-electron chi connectivity index (χ2n) is 14.0. The molecule has 0 saturated carbocycles. The van der Waals surface area contributed by atoms with E-state index in [1.807, 2.05) is 29.5 Å². The fourth-order valence-corrected chi connectivity index (χ4v) is 9.19. The number of hydrogen-bond donors (Lipinski definition) is 0. The van der Waals surface area contributed by atoms with Crippen LogP contribution < -0.4 is 0 Å². The van der Waals surface area contributed by atoms with Crippen LogP contribution in [0.1, 0.15) is 0 Å². The first-order valence-electron chi connectivity index (χ1n) is 18.5. The van der Waals surface area contributed by atoms with E-state index in [1.165, 1.54) is 63.6 Å². The van der Waals surface area contributed by atoms with E-state index in [9.17, 15) is 0 Å². The monoisotopic (exact) mass is 717 g/mol. The van der Waals surface area contributed by atoms with Crippen molar-refractivity contribution in [1.82, 2.24) is 15.0 Å². The number of benzene rings is 9. The van der Waals surface area contributed by atoms with Crippen molar-refractivity contribution in [3.05, 3.63) is 188 Å². The van der Waals surface area contributed by atoms with E-state index >= 15 is 0 Å². The van der Waals surface area contributed by atoms with Crippen molar-refractivity contribution >= 4 is 63.8 Å². The molecule has 0 bridgehead atoms. The van der Waals surface area contributed by atoms with Crippen LogP contribution in [-0.4, -0.2) is 15.0 Å². The van der Waals surface area contributed by atoms with Crippen molar-refractivity contribution < 1.29 is 0 Å². The van der Waals surface area contributed by atoms with E-state index < -0.39 is 0 Å². The number of hydrogen-bond acceptors (Lipinski definition) is 4. The van der Waals surface area contributed by atoms with Crippen LogP contribution in [0.15, 0.2) is 188 Å². The molecule has 4 heteroatoms. The second kappa shape index (κ2) is 12.8. The smallest absolute Gasteiger partial charge is 0.164 e. The molecular formula is C51H31N3S. The van der Waals surface area contributed by atoms with Crippen LogP contribution in [0, 0.1) is 0 Å². The molecule has 55 heavy (non-hydrogen) atoms. The summed E-state index contributed by atoms with van der Waals surface area (Å²) in [5.41, 5.74) is 7.57. The summed E-state index contributed by atoms with van der Waals surface area (Å²) >= 11 is 1.81. The van der Waals surface area contributed by atoms with Crippen molar-refractivity contribution in [3.63, 3.8) is 0 Å². The zero-order chi connectivity index (χ0) is 36.3. The molecule has 0 unspecified atom stereocenters. The summed E-state index contributed by atoms with van der Waals surface area (Å²) in [6.45, 7) is 0. The number of nitrogens with zero attached hydrogens (tertiary/aromatic N) is 3. The first kappa shape index (κ1) is 31.5. The molecule has 0 saturated heterocycles. The molecule has 0 amide bonds.